The van der Waals surface area contributed by atoms with Crippen molar-refractivity contribution in [3.05, 3.63) is 0 Å². The molecule has 2 aliphatic rings. The van der Waals surface area contributed by atoms with Crippen molar-refractivity contribution in [2.45, 2.75) is 57.5 Å². The van der Waals surface area contributed by atoms with Crippen molar-refractivity contribution in [2.75, 3.05) is 0 Å². The maximum Gasteiger partial charge on any atom is 0.309 e. The van der Waals surface area contributed by atoms with Crippen molar-refractivity contribution >= 4 is 11.9 Å². The molecule has 0 radical (unpaired) electrons. The van der Waals surface area contributed by atoms with Crippen LogP contribution in [-0.4, -0.2) is 23.1 Å². The van der Waals surface area contributed by atoms with Crippen molar-refractivity contribution in [3.63, 3.8) is 0 Å². The van der Waals surface area contributed by atoms with Crippen LogP contribution in [-0.2, 0) is 14.3 Å². The topological polar surface area (TPSA) is 63.6 Å². The summed E-state index contributed by atoms with van der Waals surface area (Å²) < 4.78 is 5.47. The van der Waals surface area contributed by atoms with Gasteiger partial charge in [-0.3, -0.25) is 9.59 Å². The molecule has 0 aliphatic heterocycles. The molecule has 2 rings (SSSR count). The highest BCUT2D eigenvalue weighted by Gasteiger charge is 2.30. The van der Waals surface area contributed by atoms with Gasteiger partial charge in [0.05, 0.1) is 11.8 Å². The molecular weight excluding hydrogens is 220 g/mol. The first-order chi connectivity index (χ1) is 8.16. The molecule has 0 bridgehead atoms. The molecule has 2 fully saturated rings. The van der Waals surface area contributed by atoms with Crippen LogP contribution >= 0.6 is 0 Å². The number of carbonyl (C=O) groups is 2. The third-order valence-electron chi connectivity index (χ3n) is 3.99. The fourth-order valence-corrected chi connectivity index (χ4v) is 2.85. The number of hydrogen-bond acceptors (Lipinski definition) is 3. The lowest BCUT2D eigenvalue weighted by Gasteiger charge is -2.26. The summed E-state index contributed by atoms with van der Waals surface area (Å²) in [5.74, 6) is -0.907. The Balaban J connectivity index is 1.74. The molecule has 2 saturated carbocycles. The number of carbonyl (C=O) groups excluding carboxylic acids is 1. The SMILES string of the molecule is O=C(O)C1CCC(OC(=O)C2CCCC2)CC1. The van der Waals surface area contributed by atoms with Crippen molar-refractivity contribution in [1.82, 2.24) is 0 Å². The van der Waals surface area contributed by atoms with Gasteiger partial charge < -0.3 is 9.84 Å². The lowest BCUT2D eigenvalue weighted by atomic mass is 9.87. The molecule has 17 heavy (non-hydrogen) atoms. The summed E-state index contributed by atoms with van der Waals surface area (Å²) in [6.07, 6.45) is 6.82. The van der Waals surface area contributed by atoms with E-state index in [0.29, 0.717) is 25.7 Å². The van der Waals surface area contributed by atoms with Crippen molar-refractivity contribution < 1.29 is 19.4 Å². The summed E-state index contributed by atoms with van der Waals surface area (Å²) >= 11 is 0. The van der Waals surface area contributed by atoms with Gasteiger partial charge in [0.15, 0.2) is 0 Å². The standard InChI is InChI=1S/C13H20O4/c14-12(15)9-5-7-11(8-6-9)17-13(16)10-3-1-2-4-10/h9-11H,1-8H2,(H,14,15). The van der Waals surface area contributed by atoms with Crippen molar-refractivity contribution in [3.8, 4) is 0 Å². The van der Waals surface area contributed by atoms with Gasteiger partial charge in [0.25, 0.3) is 0 Å². The number of ether oxygens (including phenoxy) is 1. The highest BCUT2D eigenvalue weighted by molar-refractivity contribution is 5.73. The van der Waals surface area contributed by atoms with Crippen LogP contribution in [0.3, 0.4) is 0 Å². The highest BCUT2D eigenvalue weighted by Crippen LogP contribution is 2.30. The van der Waals surface area contributed by atoms with Crippen LogP contribution in [0.1, 0.15) is 51.4 Å². The predicted molar refractivity (Wildman–Crippen MR) is 61.4 cm³/mol. The Labute approximate surface area is 101 Å². The van der Waals surface area contributed by atoms with E-state index >= 15 is 0 Å². The van der Waals surface area contributed by atoms with Gasteiger partial charge in [0, 0.05) is 0 Å². The van der Waals surface area contributed by atoms with Crippen molar-refractivity contribution in [2.24, 2.45) is 11.8 Å². The van der Waals surface area contributed by atoms with Crippen LogP contribution in [0.5, 0.6) is 0 Å². The number of rotatable bonds is 3. The minimum Gasteiger partial charge on any atom is -0.481 e. The van der Waals surface area contributed by atoms with Gasteiger partial charge >= 0.3 is 11.9 Å². The summed E-state index contributed by atoms with van der Waals surface area (Å²) in [5.41, 5.74) is 0. The minimum absolute atomic E-state index is 0.0429. The average Bonchev–Trinajstić information content (AvgIpc) is 2.83. The summed E-state index contributed by atoms with van der Waals surface area (Å²) in [6.45, 7) is 0. The Morgan fingerprint density at radius 1 is 0.882 bits per heavy atom. The number of carboxylic acids is 1. The molecule has 0 saturated heterocycles. The quantitative estimate of drug-likeness (QED) is 0.769. The Hall–Kier alpha value is -1.06. The van der Waals surface area contributed by atoms with E-state index in [1.807, 2.05) is 0 Å². The summed E-state index contributed by atoms with van der Waals surface area (Å²) in [4.78, 5) is 22.6. The normalized spacial score (nSPS) is 30.1. The smallest absolute Gasteiger partial charge is 0.309 e. The number of carboxylic acid groups (broad SMARTS) is 1. The molecule has 0 amide bonds. The Morgan fingerprint density at radius 2 is 1.47 bits per heavy atom. The summed E-state index contributed by atoms with van der Waals surface area (Å²) in [5, 5.41) is 8.87. The van der Waals surface area contributed by atoms with Crippen LogP contribution < -0.4 is 0 Å². The minimum atomic E-state index is -0.717. The number of esters is 1. The van der Waals surface area contributed by atoms with Crippen LogP contribution in [0, 0.1) is 11.8 Å². The van der Waals surface area contributed by atoms with Crippen molar-refractivity contribution in [1.29, 1.82) is 0 Å². The Bertz CT molecular complexity index is 286. The van der Waals surface area contributed by atoms with E-state index in [1.165, 1.54) is 0 Å². The van der Waals surface area contributed by atoms with E-state index in [4.69, 9.17) is 9.84 Å². The van der Waals surface area contributed by atoms with Gasteiger partial charge in [-0.25, -0.2) is 0 Å². The average molecular weight is 240 g/mol. The van der Waals surface area contributed by atoms with Crippen LogP contribution in [0.2, 0.25) is 0 Å². The Kier molecular flexibility index (Phi) is 4.02. The third kappa shape index (κ3) is 3.20. The fraction of sp³-hybridized carbons (Fsp3) is 0.846. The lowest BCUT2D eigenvalue weighted by molar-refractivity contribution is -0.156. The Morgan fingerprint density at radius 3 is 2.00 bits per heavy atom. The van der Waals surface area contributed by atoms with Crippen LogP contribution in [0.4, 0.5) is 0 Å². The second kappa shape index (κ2) is 5.52. The molecule has 96 valence electrons. The molecule has 2 aliphatic carbocycles. The first kappa shape index (κ1) is 12.4. The molecule has 0 heterocycles. The summed E-state index contributed by atoms with van der Waals surface area (Å²) in [7, 11) is 0. The van der Waals surface area contributed by atoms with E-state index < -0.39 is 5.97 Å². The van der Waals surface area contributed by atoms with Gasteiger partial charge in [-0.15, -0.1) is 0 Å². The molecule has 0 spiro atoms. The molecule has 0 aromatic carbocycles. The molecule has 0 aromatic rings. The second-order valence-corrected chi connectivity index (χ2v) is 5.23. The van der Waals surface area contributed by atoms with Gasteiger partial charge in [0.1, 0.15) is 6.10 Å². The first-order valence-corrected chi connectivity index (χ1v) is 6.60. The fourth-order valence-electron chi connectivity index (χ4n) is 2.85. The van der Waals surface area contributed by atoms with Crippen LogP contribution in [0.25, 0.3) is 0 Å². The number of aliphatic carboxylic acids is 1. The van der Waals surface area contributed by atoms with Crippen LogP contribution in [0.15, 0.2) is 0 Å². The van der Waals surface area contributed by atoms with Gasteiger partial charge in [-0.2, -0.15) is 0 Å². The molecule has 4 nitrogen and oxygen atoms in total. The third-order valence-corrected chi connectivity index (χ3v) is 3.99. The second-order valence-electron chi connectivity index (χ2n) is 5.23. The molecule has 0 aromatic heterocycles. The monoisotopic (exact) mass is 240 g/mol. The maximum atomic E-state index is 11.8. The zero-order chi connectivity index (χ0) is 12.3. The van der Waals surface area contributed by atoms with E-state index in [0.717, 1.165) is 25.7 Å². The number of hydrogen-bond donors (Lipinski definition) is 1. The highest BCUT2D eigenvalue weighted by atomic mass is 16.5. The molecule has 4 heteroatoms. The zero-order valence-corrected chi connectivity index (χ0v) is 10.1. The van der Waals surface area contributed by atoms with E-state index in [9.17, 15) is 9.59 Å². The van der Waals surface area contributed by atoms with E-state index in [1.54, 1.807) is 0 Å². The van der Waals surface area contributed by atoms with Gasteiger partial charge in [0.2, 0.25) is 0 Å². The van der Waals surface area contributed by atoms with E-state index in [-0.39, 0.29) is 23.9 Å². The zero-order valence-electron chi connectivity index (χ0n) is 10.1. The first-order valence-electron chi connectivity index (χ1n) is 6.60. The summed E-state index contributed by atoms with van der Waals surface area (Å²) in [6, 6.07) is 0. The largest absolute Gasteiger partial charge is 0.481 e. The maximum absolute atomic E-state index is 11.8. The molecular formula is C13H20O4. The lowest BCUT2D eigenvalue weighted by Crippen LogP contribution is -2.29. The molecule has 0 unspecified atom stereocenters. The van der Waals surface area contributed by atoms with Gasteiger partial charge in [-0.05, 0) is 38.5 Å². The predicted octanol–water partition coefficient (Wildman–Crippen LogP) is 2.36. The van der Waals surface area contributed by atoms with E-state index in [2.05, 4.69) is 0 Å². The van der Waals surface area contributed by atoms with Gasteiger partial charge in [-0.1, -0.05) is 12.8 Å². The molecule has 0 atom stereocenters. The molecule has 1 N–H and O–H groups in total.